The molecule has 1 saturated carbocycles. The quantitative estimate of drug-likeness (QED) is 0.162. The van der Waals surface area contributed by atoms with E-state index in [0.717, 1.165) is 0 Å². The number of rotatable bonds is 4. The smallest absolute Gasteiger partial charge is 0.264 e. The van der Waals surface area contributed by atoms with Gasteiger partial charge >= 0.3 is 0 Å². The minimum absolute atomic E-state index is 0.0576. The normalized spacial score (nSPS) is 21.7. The van der Waals surface area contributed by atoms with Gasteiger partial charge in [0.25, 0.3) is 6.71 Å². The first-order valence-electron chi connectivity index (χ1n) is 27.1. The van der Waals surface area contributed by atoms with Crippen LogP contribution in [0.15, 0.2) is 103 Å². The second kappa shape index (κ2) is 15.1. The second-order valence-electron chi connectivity index (χ2n) is 28.0. The lowest BCUT2D eigenvalue weighted by Gasteiger charge is -2.52. The van der Waals surface area contributed by atoms with Crippen LogP contribution in [0.5, 0.6) is 0 Å². The van der Waals surface area contributed by atoms with Gasteiger partial charge in [-0.1, -0.05) is 163 Å². The van der Waals surface area contributed by atoms with Crippen molar-refractivity contribution < 1.29 is 0 Å². The zero-order valence-electron chi connectivity index (χ0n) is 45.9. The van der Waals surface area contributed by atoms with Gasteiger partial charge in [-0.15, -0.1) is 11.3 Å². The molecular weight excluding hydrogens is 892 g/mol. The predicted octanol–water partition coefficient (Wildman–Crippen LogP) is 16.6. The molecule has 0 spiro atoms. The van der Waals surface area contributed by atoms with E-state index in [4.69, 9.17) is 0 Å². The molecule has 71 heavy (non-hydrogen) atoms. The van der Waals surface area contributed by atoms with Gasteiger partial charge in [0.05, 0.1) is 19.4 Å². The summed E-state index contributed by atoms with van der Waals surface area (Å²) in [5.74, 6) is 0. The Kier molecular flexibility index (Phi) is 10.1. The second-order valence-corrected chi connectivity index (χ2v) is 34.1. The van der Waals surface area contributed by atoms with Gasteiger partial charge in [0.2, 0.25) is 0 Å². The van der Waals surface area contributed by atoms with E-state index in [9.17, 15) is 0 Å². The average molecular weight is 969 g/mol. The molecule has 5 heteroatoms. The van der Waals surface area contributed by atoms with Crippen molar-refractivity contribution >= 4 is 91.2 Å². The Balaban J connectivity index is 1.21. The SMILES string of the molecule is Cc1cc2c3c(c1)N(c1ccc([Si](C)(C)C)cc1-c1ccc(C(C)(C)C)cc1)c1c(sc4cc5c(cc14)C1(C)CCC5(C)CC1)B3c1cc3c(cc1N2c1ccc(C(C)(C)C)cc1)C(C)(C)CCC3(C)C. The fraction of sp³-hybridized carbons (Fsp3) is 0.424. The summed E-state index contributed by atoms with van der Waals surface area (Å²) in [6.07, 6.45) is 7.49. The van der Waals surface area contributed by atoms with E-state index in [1.165, 1.54) is 143 Å². The van der Waals surface area contributed by atoms with Crippen molar-refractivity contribution in [2.45, 2.75) is 181 Å². The average Bonchev–Trinajstić information content (AvgIpc) is 3.67. The number of thiophene rings is 1. The third kappa shape index (κ3) is 7.11. The molecule has 364 valence electrons. The molecule has 3 heterocycles. The van der Waals surface area contributed by atoms with Crippen LogP contribution in [-0.2, 0) is 32.5 Å². The van der Waals surface area contributed by atoms with Gasteiger partial charge in [-0.2, -0.15) is 0 Å². The van der Waals surface area contributed by atoms with E-state index >= 15 is 0 Å². The Hall–Kier alpha value is -4.84. The minimum Gasteiger partial charge on any atom is -0.311 e. The van der Waals surface area contributed by atoms with Crippen molar-refractivity contribution in [1.29, 1.82) is 0 Å². The van der Waals surface area contributed by atoms with Gasteiger partial charge in [0, 0.05) is 43.2 Å². The molecule has 2 nitrogen and oxygen atoms in total. The monoisotopic (exact) mass is 969 g/mol. The summed E-state index contributed by atoms with van der Waals surface area (Å²) in [6, 6.07) is 42.7. The molecule has 0 unspecified atom stereocenters. The first-order valence-corrected chi connectivity index (χ1v) is 31.4. The van der Waals surface area contributed by atoms with Crippen LogP contribution >= 0.6 is 11.3 Å². The van der Waals surface area contributed by atoms with Gasteiger partial charge in [-0.3, -0.25) is 0 Å². The van der Waals surface area contributed by atoms with Gasteiger partial charge in [-0.05, 0) is 182 Å². The molecule has 2 aliphatic heterocycles. The summed E-state index contributed by atoms with van der Waals surface area (Å²) in [4.78, 5) is 5.46. The molecular formula is C66H77BN2SSi. The topological polar surface area (TPSA) is 6.48 Å². The van der Waals surface area contributed by atoms with Crippen molar-refractivity contribution in [2.24, 2.45) is 0 Å². The molecule has 6 aliphatic rings. The van der Waals surface area contributed by atoms with Crippen LogP contribution in [0, 0.1) is 6.92 Å². The van der Waals surface area contributed by atoms with E-state index in [0.29, 0.717) is 0 Å². The molecule has 1 fully saturated rings. The number of fused-ring (bicyclic) bond motifs is 9. The molecule has 7 aromatic rings. The molecule has 0 saturated heterocycles. The third-order valence-electron chi connectivity index (χ3n) is 18.8. The lowest BCUT2D eigenvalue weighted by Crippen LogP contribution is -2.61. The van der Waals surface area contributed by atoms with Crippen molar-refractivity contribution in [3.8, 4) is 11.1 Å². The highest BCUT2D eigenvalue weighted by atomic mass is 32.1. The zero-order valence-corrected chi connectivity index (χ0v) is 47.8. The molecule has 0 amide bonds. The fourth-order valence-corrected chi connectivity index (χ4v) is 16.3. The maximum atomic E-state index is 2.78. The Bertz CT molecular complexity index is 3360. The Morgan fingerprint density at radius 2 is 1.07 bits per heavy atom. The Morgan fingerprint density at radius 3 is 1.63 bits per heavy atom. The van der Waals surface area contributed by atoms with E-state index in [-0.39, 0.29) is 39.2 Å². The van der Waals surface area contributed by atoms with Crippen molar-refractivity contribution in [1.82, 2.24) is 0 Å². The number of hydrogen-bond acceptors (Lipinski definition) is 3. The maximum absolute atomic E-state index is 2.78. The molecule has 0 atom stereocenters. The van der Waals surface area contributed by atoms with Gasteiger partial charge < -0.3 is 9.80 Å². The van der Waals surface area contributed by atoms with Crippen molar-refractivity contribution in [2.75, 3.05) is 9.80 Å². The van der Waals surface area contributed by atoms with Crippen LogP contribution in [0.4, 0.5) is 34.1 Å². The largest absolute Gasteiger partial charge is 0.311 e. The standard InChI is InChI=1S/C66H77BN2SSi/c1-40-33-55-58-56(34-40)69(53-26-25-45(71(14,15)16)35-46(53)41-17-19-42(20-18-41)61(2,3)4)59-47-36-50-51(66(13)31-29-65(50,12)30-32-66)39-57(47)70-60(59)67(58)52-37-48-49(64(10,11)28-27-63(48,8)9)38-54(52)68(55)44-23-21-43(22-24-44)62(5,6)7/h17-26,33-39H,27-32H2,1-16H3. The van der Waals surface area contributed by atoms with Crippen molar-refractivity contribution in [3.05, 3.63) is 142 Å². The summed E-state index contributed by atoms with van der Waals surface area (Å²) in [5, 5.41) is 2.92. The van der Waals surface area contributed by atoms with Crippen LogP contribution in [0.3, 0.4) is 0 Å². The van der Waals surface area contributed by atoms with Crippen molar-refractivity contribution in [3.63, 3.8) is 0 Å². The van der Waals surface area contributed by atoms with Crippen LogP contribution < -0.4 is 30.7 Å². The number of hydrogen-bond donors (Lipinski definition) is 0. The fourth-order valence-electron chi connectivity index (χ4n) is 13.8. The molecule has 4 aliphatic carbocycles. The first-order chi connectivity index (χ1) is 33.2. The van der Waals surface area contributed by atoms with Crippen LogP contribution in [0.25, 0.3) is 21.2 Å². The molecule has 2 bridgehead atoms. The maximum Gasteiger partial charge on any atom is 0.264 e. The molecule has 0 N–H and O–H groups in total. The molecule has 0 radical (unpaired) electrons. The molecule has 6 aromatic carbocycles. The summed E-state index contributed by atoms with van der Waals surface area (Å²) in [6.45, 7) is 39.1. The van der Waals surface area contributed by atoms with E-state index < -0.39 is 8.07 Å². The number of benzene rings is 6. The summed E-state index contributed by atoms with van der Waals surface area (Å²) < 4.78 is 2.93. The Labute approximate surface area is 432 Å². The predicted molar refractivity (Wildman–Crippen MR) is 315 cm³/mol. The van der Waals surface area contributed by atoms with E-state index in [1.807, 2.05) is 0 Å². The van der Waals surface area contributed by atoms with Crippen LogP contribution in [0.1, 0.15) is 161 Å². The number of nitrogens with zero attached hydrogens (tertiary/aromatic N) is 2. The summed E-state index contributed by atoms with van der Waals surface area (Å²) in [7, 11) is -1.71. The zero-order chi connectivity index (χ0) is 50.3. The number of anilines is 6. The lowest BCUT2D eigenvalue weighted by atomic mass is 9.35. The van der Waals surface area contributed by atoms with Gasteiger partial charge in [-0.25, -0.2) is 0 Å². The summed E-state index contributed by atoms with van der Waals surface area (Å²) >= 11 is 2.10. The lowest BCUT2D eigenvalue weighted by molar-refractivity contribution is 0.188. The van der Waals surface area contributed by atoms with Gasteiger partial charge in [0.15, 0.2) is 0 Å². The Morgan fingerprint density at radius 1 is 0.535 bits per heavy atom. The summed E-state index contributed by atoms with van der Waals surface area (Å²) in [5.41, 5.74) is 24.4. The van der Waals surface area contributed by atoms with E-state index in [2.05, 4.69) is 234 Å². The first kappa shape index (κ1) is 47.2. The highest BCUT2D eigenvalue weighted by molar-refractivity contribution is 7.33. The molecule has 13 rings (SSSR count). The third-order valence-corrected chi connectivity index (χ3v) is 22.1. The highest BCUT2D eigenvalue weighted by Crippen LogP contribution is 2.59. The highest BCUT2D eigenvalue weighted by Gasteiger charge is 2.51. The number of aryl methyl sites for hydroxylation is 1. The van der Waals surface area contributed by atoms with Crippen LogP contribution in [-0.4, -0.2) is 14.8 Å². The van der Waals surface area contributed by atoms with E-state index in [1.54, 1.807) is 11.1 Å². The minimum atomic E-state index is -1.71. The molecule has 1 aromatic heterocycles. The van der Waals surface area contributed by atoms with Gasteiger partial charge in [0.1, 0.15) is 0 Å². The van der Waals surface area contributed by atoms with Crippen LogP contribution in [0.2, 0.25) is 19.6 Å².